The number of nitrogens with one attached hydrogen (secondary N) is 1. The summed E-state index contributed by atoms with van der Waals surface area (Å²) in [6.07, 6.45) is 5.09. The SMILES string of the molecule is Br.c1cncc(N2CC3CC2CN3)c1. The van der Waals surface area contributed by atoms with E-state index < -0.39 is 0 Å². The van der Waals surface area contributed by atoms with Gasteiger partial charge >= 0.3 is 0 Å². The summed E-state index contributed by atoms with van der Waals surface area (Å²) in [5.74, 6) is 0. The minimum absolute atomic E-state index is 0. The number of nitrogens with zero attached hydrogens (tertiary/aromatic N) is 2. The van der Waals surface area contributed by atoms with Crippen LogP contribution in [0, 0.1) is 0 Å². The Morgan fingerprint density at radius 2 is 2.43 bits per heavy atom. The number of hydrogen-bond donors (Lipinski definition) is 1. The Morgan fingerprint density at radius 3 is 3.00 bits per heavy atom. The summed E-state index contributed by atoms with van der Waals surface area (Å²) in [7, 11) is 0. The van der Waals surface area contributed by atoms with Gasteiger partial charge in [0.25, 0.3) is 0 Å². The predicted octanol–water partition coefficient (Wildman–Crippen LogP) is 1.21. The third-order valence-electron chi connectivity index (χ3n) is 3.03. The van der Waals surface area contributed by atoms with Crippen LogP contribution < -0.4 is 10.2 Å². The summed E-state index contributed by atoms with van der Waals surface area (Å²) in [5.41, 5.74) is 1.27. The first-order chi connectivity index (χ1) is 6.43. The van der Waals surface area contributed by atoms with E-state index in [-0.39, 0.29) is 17.0 Å². The molecule has 2 atom stereocenters. The standard InChI is InChI=1S/C10H13N3.BrH/c1-2-9(5-11-3-1)13-7-8-4-10(13)6-12-8;/h1-3,5,8,10,12H,4,6-7H2;1H. The highest BCUT2D eigenvalue weighted by atomic mass is 79.9. The molecular formula is C10H14BrN3. The van der Waals surface area contributed by atoms with Crippen molar-refractivity contribution < 1.29 is 0 Å². The zero-order valence-corrected chi connectivity index (χ0v) is 9.60. The molecule has 0 aromatic carbocycles. The van der Waals surface area contributed by atoms with Crippen LogP contribution in [0.4, 0.5) is 5.69 Å². The highest BCUT2D eigenvalue weighted by molar-refractivity contribution is 8.93. The molecule has 14 heavy (non-hydrogen) atoms. The minimum Gasteiger partial charge on any atom is -0.364 e. The molecule has 2 unspecified atom stereocenters. The molecule has 76 valence electrons. The molecule has 2 aliphatic heterocycles. The van der Waals surface area contributed by atoms with Crippen LogP contribution in [0.1, 0.15) is 6.42 Å². The molecule has 1 aromatic heterocycles. The third-order valence-corrected chi connectivity index (χ3v) is 3.03. The highest BCUT2D eigenvalue weighted by Crippen LogP contribution is 2.28. The second-order valence-electron chi connectivity index (χ2n) is 3.86. The molecule has 1 aromatic rings. The Labute approximate surface area is 94.3 Å². The zero-order valence-electron chi connectivity index (χ0n) is 7.89. The molecule has 0 spiro atoms. The summed E-state index contributed by atoms with van der Waals surface area (Å²) in [6.45, 7) is 2.29. The molecule has 0 aliphatic carbocycles. The number of halogens is 1. The van der Waals surface area contributed by atoms with Gasteiger partial charge in [0.1, 0.15) is 0 Å². The van der Waals surface area contributed by atoms with Crippen molar-refractivity contribution in [2.75, 3.05) is 18.0 Å². The molecular weight excluding hydrogens is 242 g/mol. The summed E-state index contributed by atoms with van der Waals surface area (Å²) in [5, 5.41) is 3.49. The lowest BCUT2D eigenvalue weighted by atomic mass is 10.2. The van der Waals surface area contributed by atoms with Crippen molar-refractivity contribution in [1.82, 2.24) is 10.3 Å². The quantitative estimate of drug-likeness (QED) is 0.818. The number of anilines is 1. The molecule has 3 rings (SSSR count). The minimum atomic E-state index is 0. The normalized spacial score (nSPS) is 29.0. The summed E-state index contributed by atoms with van der Waals surface area (Å²) < 4.78 is 0. The Bertz CT molecular complexity index is 303. The maximum absolute atomic E-state index is 4.15. The Morgan fingerprint density at radius 1 is 1.50 bits per heavy atom. The van der Waals surface area contributed by atoms with E-state index in [0.717, 1.165) is 13.1 Å². The third kappa shape index (κ3) is 1.53. The Balaban J connectivity index is 0.000000750. The van der Waals surface area contributed by atoms with Gasteiger partial charge in [-0.3, -0.25) is 4.98 Å². The lowest BCUT2D eigenvalue weighted by Crippen LogP contribution is -2.43. The zero-order chi connectivity index (χ0) is 8.67. The van der Waals surface area contributed by atoms with E-state index in [9.17, 15) is 0 Å². The Kier molecular flexibility index (Phi) is 2.74. The molecule has 0 amide bonds. The number of rotatable bonds is 1. The van der Waals surface area contributed by atoms with Crippen LogP contribution >= 0.6 is 17.0 Å². The van der Waals surface area contributed by atoms with E-state index in [1.54, 1.807) is 0 Å². The van der Waals surface area contributed by atoms with Gasteiger partial charge in [0.05, 0.1) is 11.9 Å². The molecule has 0 saturated carbocycles. The molecule has 4 heteroatoms. The first kappa shape index (κ1) is 9.93. The van der Waals surface area contributed by atoms with Gasteiger partial charge in [0.15, 0.2) is 0 Å². The van der Waals surface area contributed by atoms with Crippen LogP contribution in [-0.2, 0) is 0 Å². The molecule has 0 radical (unpaired) electrons. The van der Waals surface area contributed by atoms with Gasteiger partial charge in [-0.15, -0.1) is 17.0 Å². The monoisotopic (exact) mass is 255 g/mol. The van der Waals surface area contributed by atoms with Crippen molar-refractivity contribution in [3.05, 3.63) is 24.5 Å². The fourth-order valence-corrected chi connectivity index (χ4v) is 2.40. The van der Waals surface area contributed by atoms with Gasteiger partial charge in [-0.1, -0.05) is 0 Å². The maximum atomic E-state index is 4.15. The fraction of sp³-hybridized carbons (Fsp3) is 0.500. The fourth-order valence-electron chi connectivity index (χ4n) is 2.40. The number of piperazine rings is 1. The average molecular weight is 256 g/mol. The molecule has 3 heterocycles. The number of pyridine rings is 1. The van der Waals surface area contributed by atoms with Crippen molar-refractivity contribution in [1.29, 1.82) is 0 Å². The van der Waals surface area contributed by atoms with Crippen molar-refractivity contribution in [2.24, 2.45) is 0 Å². The van der Waals surface area contributed by atoms with E-state index in [1.807, 2.05) is 18.5 Å². The smallest absolute Gasteiger partial charge is 0.0556 e. The van der Waals surface area contributed by atoms with Gasteiger partial charge in [-0.05, 0) is 18.6 Å². The van der Waals surface area contributed by atoms with Crippen LogP contribution in [0.3, 0.4) is 0 Å². The van der Waals surface area contributed by atoms with Gasteiger partial charge in [0, 0.05) is 31.4 Å². The average Bonchev–Trinajstić information content (AvgIpc) is 2.80. The predicted molar refractivity (Wildman–Crippen MR) is 62.1 cm³/mol. The van der Waals surface area contributed by atoms with Crippen LogP contribution in [0.25, 0.3) is 0 Å². The summed E-state index contributed by atoms with van der Waals surface area (Å²) in [4.78, 5) is 6.62. The van der Waals surface area contributed by atoms with E-state index in [0.29, 0.717) is 12.1 Å². The van der Waals surface area contributed by atoms with Crippen molar-refractivity contribution in [3.63, 3.8) is 0 Å². The van der Waals surface area contributed by atoms with E-state index in [2.05, 4.69) is 21.3 Å². The molecule has 1 N–H and O–H groups in total. The second-order valence-corrected chi connectivity index (χ2v) is 3.86. The van der Waals surface area contributed by atoms with E-state index >= 15 is 0 Å². The lowest BCUT2D eigenvalue weighted by molar-refractivity contribution is 0.579. The van der Waals surface area contributed by atoms with Crippen LogP contribution in [0.15, 0.2) is 24.5 Å². The van der Waals surface area contributed by atoms with Gasteiger partial charge in [-0.25, -0.2) is 0 Å². The summed E-state index contributed by atoms with van der Waals surface area (Å²) in [6, 6.07) is 5.57. The van der Waals surface area contributed by atoms with Crippen LogP contribution in [-0.4, -0.2) is 30.2 Å². The Hall–Kier alpha value is -0.610. The lowest BCUT2D eigenvalue weighted by Gasteiger charge is -2.29. The van der Waals surface area contributed by atoms with Crippen molar-refractivity contribution in [3.8, 4) is 0 Å². The van der Waals surface area contributed by atoms with Gasteiger partial charge in [-0.2, -0.15) is 0 Å². The van der Waals surface area contributed by atoms with Crippen LogP contribution in [0.2, 0.25) is 0 Å². The largest absolute Gasteiger partial charge is 0.364 e. The molecule has 2 fully saturated rings. The number of fused-ring (bicyclic) bond motifs is 2. The first-order valence-corrected chi connectivity index (χ1v) is 4.83. The number of aromatic nitrogens is 1. The van der Waals surface area contributed by atoms with Crippen molar-refractivity contribution in [2.45, 2.75) is 18.5 Å². The van der Waals surface area contributed by atoms with Crippen LogP contribution in [0.5, 0.6) is 0 Å². The molecule has 3 nitrogen and oxygen atoms in total. The maximum Gasteiger partial charge on any atom is 0.0556 e. The van der Waals surface area contributed by atoms with Crippen molar-refractivity contribution >= 4 is 22.7 Å². The number of hydrogen-bond acceptors (Lipinski definition) is 3. The summed E-state index contributed by atoms with van der Waals surface area (Å²) >= 11 is 0. The highest BCUT2D eigenvalue weighted by Gasteiger charge is 2.37. The molecule has 2 aliphatic rings. The van der Waals surface area contributed by atoms with Gasteiger partial charge in [0.2, 0.25) is 0 Å². The molecule has 2 saturated heterocycles. The second kappa shape index (κ2) is 3.87. The van der Waals surface area contributed by atoms with Gasteiger partial charge < -0.3 is 10.2 Å². The first-order valence-electron chi connectivity index (χ1n) is 4.83. The molecule has 2 bridgehead atoms. The topological polar surface area (TPSA) is 28.2 Å². The van der Waals surface area contributed by atoms with E-state index in [4.69, 9.17) is 0 Å². The van der Waals surface area contributed by atoms with E-state index in [1.165, 1.54) is 12.1 Å².